The number of pyridine rings is 1. The first-order valence-corrected chi connectivity index (χ1v) is 18.7. The Bertz CT molecular complexity index is 2010. The number of nitrogens with one attached hydrogen (secondary N) is 1. The van der Waals surface area contributed by atoms with Crippen LogP contribution in [0.1, 0.15) is 67.2 Å². The molecule has 0 spiro atoms. The second-order valence-electron chi connectivity index (χ2n) is 14.5. The van der Waals surface area contributed by atoms with Crippen molar-refractivity contribution >= 4 is 27.7 Å². The van der Waals surface area contributed by atoms with Crippen LogP contribution in [0.5, 0.6) is 5.88 Å². The predicted octanol–water partition coefficient (Wildman–Crippen LogP) is 6.55. The summed E-state index contributed by atoms with van der Waals surface area (Å²) in [5.41, 5.74) is 3.12. The lowest BCUT2D eigenvalue weighted by molar-refractivity contribution is 0.0506. The molecule has 4 bridgehead atoms. The summed E-state index contributed by atoms with van der Waals surface area (Å²) >= 11 is 0. The zero-order chi connectivity index (χ0) is 36.5. The predicted molar refractivity (Wildman–Crippen MR) is 194 cm³/mol. The van der Waals surface area contributed by atoms with Gasteiger partial charge in [-0.15, -0.1) is 0 Å². The normalized spacial score (nSPS) is 18.1. The first kappa shape index (κ1) is 36.2. The van der Waals surface area contributed by atoms with Crippen molar-refractivity contribution in [3.8, 4) is 17.1 Å². The van der Waals surface area contributed by atoms with Crippen LogP contribution in [0.25, 0.3) is 11.3 Å². The Hall–Kier alpha value is -4.62. The van der Waals surface area contributed by atoms with E-state index in [1.165, 1.54) is 24.3 Å². The molecule has 2 aromatic carbocycles. The molecule has 6 rings (SSSR count). The number of sulfonamides is 1. The van der Waals surface area contributed by atoms with Gasteiger partial charge in [0.2, 0.25) is 11.8 Å². The summed E-state index contributed by atoms with van der Waals surface area (Å²) in [4.78, 5) is 31.8. The van der Waals surface area contributed by atoms with Crippen molar-refractivity contribution in [1.29, 1.82) is 0 Å². The molecule has 0 saturated carbocycles. The number of carbonyl (C=O) groups is 1. The molecule has 1 N–H and O–H groups in total. The molecule has 2 aromatic heterocycles. The number of halogens is 1. The number of fused-ring (bicyclic) bond motifs is 4. The zero-order valence-corrected chi connectivity index (χ0v) is 30.8. The standard InChI is InChI=1S/C38H45FN6O5S/c1-24-9-7-10-25(2)35(24)31-20-34-42-37(41-31)43-51(47,48)29-12-8-11-26(19-29)36(46)45(28(23-50-34)21-38(3,4)5)22-32-30(39)13-14-33(40-32)44(6)27-15-17-49-18-16-27/h7-14,19-20,27-28H,15-18,21-23H2,1-6H3,(H,41,42,43)/t28-/m1/s1. The van der Waals surface area contributed by atoms with Gasteiger partial charge in [0.15, 0.2) is 0 Å². The van der Waals surface area contributed by atoms with Gasteiger partial charge in [-0.1, -0.05) is 45.0 Å². The van der Waals surface area contributed by atoms with Crippen LogP contribution < -0.4 is 14.4 Å². The molecule has 0 unspecified atom stereocenters. The second-order valence-corrected chi connectivity index (χ2v) is 16.2. The molecule has 2 aliphatic heterocycles. The Balaban J connectivity index is 1.46. The topological polar surface area (TPSA) is 127 Å². The molecule has 1 amide bonds. The fraction of sp³-hybridized carbons (Fsp3) is 0.421. The van der Waals surface area contributed by atoms with Crippen LogP contribution in [-0.2, 0) is 21.3 Å². The van der Waals surface area contributed by atoms with Crippen LogP contribution >= 0.6 is 0 Å². The van der Waals surface area contributed by atoms with Crippen LogP contribution in [0, 0.1) is 25.1 Å². The fourth-order valence-electron chi connectivity index (χ4n) is 6.75. The third kappa shape index (κ3) is 8.31. The van der Waals surface area contributed by atoms with Gasteiger partial charge in [0.25, 0.3) is 15.9 Å². The first-order chi connectivity index (χ1) is 24.2. The highest BCUT2D eigenvalue weighted by atomic mass is 32.2. The van der Waals surface area contributed by atoms with E-state index in [1.807, 2.05) is 44.0 Å². The van der Waals surface area contributed by atoms with Gasteiger partial charge in [-0.25, -0.2) is 27.5 Å². The van der Waals surface area contributed by atoms with E-state index in [0.717, 1.165) is 29.5 Å². The lowest BCUT2D eigenvalue weighted by Gasteiger charge is -2.36. The monoisotopic (exact) mass is 716 g/mol. The molecule has 1 fully saturated rings. The third-order valence-corrected chi connectivity index (χ3v) is 10.7. The fourth-order valence-corrected chi connectivity index (χ4v) is 7.74. The number of nitrogens with zero attached hydrogens (tertiary/aromatic N) is 5. The van der Waals surface area contributed by atoms with Crippen molar-refractivity contribution in [2.75, 3.05) is 36.5 Å². The molecule has 4 heterocycles. The van der Waals surface area contributed by atoms with Crippen molar-refractivity contribution < 1.29 is 27.1 Å². The van der Waals surface area contributed by atoms with Crippen molar-refractivity contribution in [3.05, 3.63) is 88.9 Å². The highest BCUT2D eigenvalue weighted by Gasteiger charge is 2.33. The number of aryl methyl sites for hydroxylation is 2. The summed E-state index contributed by atoms with van der Waals surface area (Å²) in [6, 6.07) is 15.9. The lowest BCUT2D eigenvalue weighted by Crippen LogP contribution is -2.45. The molecule has 1 saturated heterocycles. The van der Waals surface area contributed by atoms with E-state index in [2.05, 4.69) is 35.5 Å². The van der Waals surface area contributed by atoms with Crippen LogP contribution in [0.4, 0.5) is 16.2 Å². The summed E-state index contributed by atoms with van der Waals surface area (Å²) in [6.07, 6.45) is 2.12. The number of hydrogen-bond acceptors (Lipinski definition) is 9. The number of rotatable bonds is 6. The van der Waals surface area contributed by atoms with Gasteiger partial charge >= 0.3 is 0 Å². The Morgan fingerprint density at radius 1 is 0.980 bits per heavy atom. The summed E-state index contributed by atoms with van der Waals surface area (Å²) in [6.45, 7) is 11.2. The van der Waals surface area contributed by atoms with E-state index in [9.17, 15) is 13.2 Å². The minimum absolute atomic E-state index is 0.0125. The number of amides is 1. The maximum Gasteiger partial charge on any atom is 0.264 e. The smallest absolute Gasteiger partial charge is 0.264 e. The van der Waals surface area contributed by atoms with Crippen LogP contribution in [0.15, 0.2) is 65.6 Å². The molecule has 270 valence electrons. The maximum atomic E-state index is 15.7. The molecule has 11 nitrogen and oxygen atoms in total. The third-order valence-electron chi connectivity index (χ3n) is 9.35. The Morgan fingerprint density at radius 3 is 2.39 bits per heavy atom. The second kappa shape index (κ2) is 14.5. The van der Waals surface area contributed by atoms with E-state index < -0.39 is 27.8 Å². The van der Waals surface area contributed by atoms with Crippen molar-refractivity contribution in [3.63, 3.8) is 0 Å². The molecule has 51 heavy (non-hydrogen) atoms. The Kier molecular flexibility index (Phi) is 10.3. The summed E-state index contributed by atoms with van der Waals surface area (Å²) in [5, 5.41) is 0. The first-order valence-electron chi connectivity index (χ1n) is 17.2. The van der Waals surface area contributed by atoms with Crippen LogP contribution in [-0.4, -0.2) is 73.1 Å². The van der Waals surface area contributed by atoms with Gasteiger partial charge in [-0.05, 0) is 80.0 Å². The highest BCUT2D eigenvalue weighted by molar-refractivity contribution is 7.92. The minimum atomic E-state index is -4.24. The molecular weight excluding hydrogens is 672 g/mol. The number of benzene rings is 2. The van der Waals surface area contributed by atoms with E-state index in [0.29, 0.717) is 31.1 Å². The zero-order valence-electron chi connectivity index (χ0n) is 29.9. The average molecular weight is 717 g/mol. The number of ether oxygens (including phenoxy) is 2. The molecular formula is C38H45FN6O5S. The molecule has 4 aromatic rings. The Morgan fingerprint density at radius 2 is 1.69 bits per heavy atom. The molecule has 0 radical (unpaired) electrons. The molecule has 2 aliphatic rings. The van der Waals surface area contributed by atoms with Gasteiger partial charge < -0.3 is 19.3 Å². The van der Waals surface area contributed by atoms with Crippen molar-refractivity contribution in [2.24, 2.45) is 5.41 Å². The number of anilines is 2. The maximum absolute atomic E-state index is 15.7. The number of aromatic nitrogens is 3. The number of carbonyl (C=O) groups excluding carboxylic acids is 1. The van der Waals surface area contributed by atoms with Gasteiger partial charge in [0, 0.05) is 43.5 Å². The van der Waals surface area contributed by atoms with E-state index in [4.69, 9.17) is 14.5 Å². The van der Waals surface area contributed by atoms with E-state index in [-0.39, 0.29) is 52.6 Å². The SMILES string of the molecule is Cc1cccc(C)c1-c1cc2nc(n1)NS(=O)(=O)c1cccc(c1)C(=O)N(Cc1nc(N(C)C3CCOCC3)ccc1F)[C@H](CC(C)(C)C)CO2. The Labute approximate surface area is 299 Å². The van der Waals surface area contributed by atoms with Gasteiger partial charge in [-0.3, -0.25) is 4.79 Å². The largest absolute Gasteiger partial charge is 0.475 e. The lowest BCUT2D eigenvalue weighted by atomic mass is 9.87. The van der Waals surface area contributed by atoms with Crippen LogP contribution in [0.3, 0.4) is 0 Å². The average Bonchev–Trinajstić information content (AvgIpc) is 3.08. The minimum Gasteiger partial charge on any atom is -0.475 e. The number of hydrogen-bond donors (Lipinski definition) is 1. The van der Waals surface area contributed by atoms with E-state index in [1.54, 1.807) is 23.1 Å². The van der Waals surface area contributed by atoms with Crippen LogP contribution in [0.2, 0.25) is 0 Å². The van der Waals surface area contributed by atoms with Gasteiger partial charge in [0.05, 0.1) is 28.9 Å². The van der Waals surface area contributed by atoms with Crippen molar-refractivity contribution in [2.45, 2.75) is 77.4 Å². The van der Waals surface area contributed by atoms with Crippen molar-refractivity contribution in [1.82, 2.24) is 19.9 Å². The molecule has 13 heteroatoms. The van der Waals surface area contributed by atoms with E-state index >= 15 is 4.39 Å². The quantitative estimate of drug-likeness (QED) is 0.236. The molecule has 0 aliphatic carbocycles. The summed E-state index contributed by atoms with van der Waals surface area (Å²) in [7, 11) is -2.31. The van der Waals surface area contributed by atoms with Gasteiger partial charge in [0.1, 0.15) is 18.2 Å². The molecule has 1 atom stereocenters. The van der Waals surface area contributed by atoms with Gasteiger partial charge in [-0.2, -0.15) is 4.98 Å². The summed E-state index contributed by atoms with van der Waals surface area (Å²) < 4.78 is 57.5. The summed E-state index contributed by atoms with van der Waals surface area (Å²) in [5.74, 6) is -0.483. The highest BCUT2D eigenvalue weighted by Crippen LogP contribution is 2.32.